The quantitative estimate of drug-likeness (QED) is 0.879. The Bertz CT molecular complexity index is 391. The molecule has 0 unspecified atom stereocenters. The lowest BCUT2D eigenvalue weighted by molar-refractivity contribution is 0.169. The first-order chi connectivity index (χ1) is 8.15. The maximum Gasteiger partial charge on any atom is 0.317 e. The fourth-order valence-electron chi connectivity index (χ4n) is 2.14. The van der Waals surface area contributed by atoms with E-state index in [4.69, 9.17) is 0 Å². The predicted octanol–water partition coefficient (Wildman–Crippen LogP) is 2.39. The van der Waals surface area contributed by atoms with Gasteiger partial charge in [-0.25, -0.2) is 9.78 Å². The van der Waals surface area contributed by atoms with Gasteiger partial charge in [-0.15, -0.1) is 11.3 Å². The van der Waals surface area contributed by atoms with Gasteiger partial charge in [-0.05, 0) is 25.7 Å². The second-order valence-corrected chi connectivity index (χ2v) is 5.77. The molecule has 1 N–H and O–H groups in total. The predicted molar refractivity (Wildman–Crippen MR) is 69.1 cm³/mol. The van der Waals surface area contributed by atoms with Crippen molar-refractivity contribution in [2.45, 2.75) is 33.2 Å². The highest BCUT2D eigenvalue weighted by atomic mass is 32.1. The van der Waals surface area contributed by atoms with Gasteiger partial charge >= 0.3 is 6.03 Å². The summed E-state index contributed by atoms with van der Waals surface area (Å²) in [4.78, 5) is 18.2. The first-order valence-corrected chi connectivity index (χ1v) is 6.97. The van der Waals surface area contributed by atoms with Gasteiger partial charge in [0, 0.05) is 18.5 Å². The zero-order valence-electron chi connectivity index (χ0n) is 10.4. The Morgan fingerprint density at radius 1 is 1.71 bits per heavy atom. The Balaban J connectivity index is 1.80. The molecule has 1 fully saturated rings. The number of nitrogens with zero attached hydrogens (tertiary/aromatic N) is 2. The van der Waals surface area contributed by atoms with E-state index in [1.54, 1.807) is 11.3 Å². The fraction of sp³-hybridized carbons (Fsp3) is 0.667. The summed E-state index contributed by atoms with van der Waals surface area (Å²) in [6, 6.07) is 0.0437. The minimum atomic E-state index is 0.0437. The SMILES string of the molecule is Cc1nc(CNC(=O)N2CCC[C@H](C)C2)cs1. The number of likely N-dealkylation sites (tertiary alicyclic amines) is 1. The number of thiazole rings is 1. The number of amides is 2. The van der Waals surface area contributed by atoms with Crippen LogP contribution in [0.1, 0.15) is 30.5 Å². The van der Waals surface area contributed by atoms with E-state index in [1.807, 2.05) is 17.2 Å². The van der Waals surface area contributed by atoms with Gasteiger partial charge in [-0.1, -0.05) is 6.92 Å². The van der Waals surface area contributed by atoms with Crippen LogP contribution in [0.2, 0.25) is 0 Å². The second kappa shape index (κ2) is 5.49. The molecule has 2 heterocycles. The van der Waals surface area contributed by atoms with Crippen molar-refractivity contribution in [3.05, 3.63) is 16.1 Å². The summed E-state index contributed by atoms with van der Waals surface area (Å²) in [6.07, 6.45) is 2.35. The normalized spacial score (nSPS) is 20.4. The van der Waals surface area contributed by atoms with E-state index in [2.05, 4.69) is 17.2 Å². The molecule has 1 aliphatic rings. The fourth-order valence-corrected chi connectivity index (χ4v) is 2.75. The van der Waals surface area contributed by atoms with Crippen LogP contribution in [0.15, 0.2) is 5.38 Å². The Morgan fingerprint density at radius 2 is 2.53 bits per heavy atom. The summed E-state index contributed by atoms with van der Waals surface area (Å²) in [5.74, 6) is 0.621. The van der Waals surface area contributed by atoms with Gasteiger partial charge in [0.1, 0.15) is 0 Å². The lowest BCUT2D eigenvalue weighted by atomic mass is 10.0. The van der Waals surface area contributed by atoms with Gasteiger partial charge in [-0.3, -0.25) is 0 Å². The highest BCUT2D eigenvalue weighted by Gasteiger charge is 2.20. The van der Waals surface area contributed by atoms with Crippen molar-refractivity contribution in [1.29, 1.82) is 0 Å². The summed E-state index contributed by atoms with van der Waals surface area (Å²) in [5, 5.41) is 5.97. The van der Waals surface area contributed by atoms with E-state index in [-0.39, 0.29) is 6.03 Å². The molecule has 0 aromatic carbocycles. The molecule has 0 spiro atoms. The summed E-state index contributed by atoms with van der Waals surface area (Å²) in [5.41, 5.74) is 0.950. The molecule has 0 radical (unpaired) electrons. The minimum Gasteiger partial charge on any atom is -0.332 e. The highest BCUT2D eigenvalue weighted by Crippen LogP contribution is 2.15. The van der Waals surface area contributed by atoms with E-state index >= 15 is 0 Å². The van der Waals surface area contributed by atoms with Crippen molar-refractivity contribution in [2.24, 2.45) is 5.92 Å². The molecule has 2 amide bonds. The lowest BCUT2D eigenvalue weighted by Crippen LogP contribution is -2.44. The van der Waals surface area contributed by atoms with Crippen molar-refractivity contribution in [3.8, 4) is 0 Å². The van der Waals surface area contributed by atoms with Gasteiger partial charge in [0.05, 0.1) is 17.2 Å². The van der Waals surface area contributed by atoms with Crippen molar-refractivity contribution < 1.29 is 4.79 Å². The lowest BCUT2D eigenvalue weighted by Gasteiger charge is -2.30. The van der Waals surface area contributed by atoms with Crippen molar-refractivity contribution in [2.75, 3.05) is 13.1 Å². The monoisotopic (exact) mass is 253 g/mol. The molecule has 1 atom stereocenters. The number of urea groups is 1. The molecule has 94 valence electrons. The van der Waals surface area contributed by atoms with E-state index in [0.29, 0.717) is 12.5 Å². The van der Waals surface area contributed by atoms with Crippen LogP contribution < -0.4 is 5.32 Å². The van der Waals surface area contributed by atoms with Crippen molar-refractivity contribution in [1.82, 2.24) is 15.2 Å². The van der Waals surface area contributed by atoms with E-state index in [0.717, 1.165) is 30.2 Å². The van der Waals surface area contributed by atoms with Crippen molar-refractivity contribution >= 4 is 17.4 Å². The smallest absolute Gasteiger partial charge is 0.317 e. The van der Waals surface area contributed by atoms with Crippen LogP contribution in [0.5, 0.6) is 0 Å². The first kappa shape index (κ1) is 12.4. The molecular formula is C12H19N3OS. The maximum absolute atomic E-state index is 11.9. The topological polar surface area (TPSA) is 45.2 Å². The molecule has 1 aromatic heterocycles. The zero-order chi connectivity index (χ0) is 12.3. The standard InChI is InChI=1S/C12H19N3OS/c1-9-4-3-5-15(7-9)12(16)13-6-11-8-17-10(2)14-11/h8-9H,3-7H2,1-2H3,(H,13,16)/t9-/m0/s1. The number of hydrogen-bond donors (Lipinski definition) is 1. The average Bonchev–Trinajstić information content (AvgIpc) is 2.72. The molecule has 0 saturated carbocycles. The summed E-state index contributed by atoms with van der Waals surface area (Å²) in [7, 11) is 0. The van der Waals surface area contributed by atoms with Crippen LogP contribution in [0.4, 0.5) is 4.79 Å². The van der Waals surface area contributed by atoms with Crippen LogP contribution in [0, 0.1) is 12.8 Å². The Morgan fingerprint density at radius 3 is 3.18 bits per heavy atom. The van der Waals surface area contributed by atoms with Gasteiger partial charge < -0.3 is 10.2 Å². The highest BCUT2D eigenvalue weighted by molar-refractivity contribution is 7.09. The molecule has 0 aliphatic carbocycles. The summed E-state index contributed by atoms with van der Waals surface area (Å²) in [6.45, 7) is 6.47. The third-order valence-electron chi connectivity index (χ3n) is 3.03. The number of piperidine rings is 1. The van der Waals surface area contributed by atoms with E-state index in [1.165, 1.54) is 6.42 Å². The molecule has 2 rings (SSSR count). The van der Waals surface area contributed by atoms with Crippen LogP contribution in [0.25, 0.3) is 0 Å². The van der Waals surface area contributed by atoms with Crippen LogP contribution in [-0.2, 0) is 6.54 Å². The van der Waals surface area contributed by atoms with Crippen LogP contribution >= 0.6 is 11.3 Å². The number of nitrogens with one attached hydrogen (secondary N) is 1. The Hall–Kier alpha value is -1.10. The number of hydrogen-bond acceptors (Lipinski definition) is 3. The molecule has 0 bridgehead atoms. The summed E-state index contributed by atoms with van der Waals surface area (Å²) >= 11 is 1.62. The molecule has 1 aliphatic heterocycles. The van der Waals surface area contributed by atoms with Crippen LogP contribution in [0.3, 0.4) is 0 Å². The van der Waals surface area contributed by atoms with E-state index < -0.39 is 0 Å². The number of carbonyl (C=O) groups excluding carboxylic acids is 1. The molecule has 17 heavy (non-hydrogen) atoms. The van der Waals surface area contributed by atoms with Gasteiger partial charge in [0.25, 0.3) is 0 Å². The largest absolute Gasteiger partial charge is 0.332 e. The Labute approximate surface area is 106 Å². The van der Waals surface area contributed by atoms with E-state index in [9.17, 15) is 4.79 Å². The third kappa shape index (κ3) is 3.43. The molecule has 1 saturated heterocycles. The van der Waals surface area contributed by atoms with Gasteiger partial charge in [0.15, 0.2) is 0 Å². The van der Waals surface area contributed by atoms with Gasteiger partial charge in [0.2, 0.25) is 0 Å². The zero-order valence-corrected chi connectivity index (χ0v) is 11.2. The van der Waals surface area contributed by atoms with Crippen molar-refractivity contribution in [3.63, 3.8) is 0 Å². The molecule has 4 nitrogen and oxygen atoms in total. The number of rotatable bonds is 2. The summed E-state index contributed by atoms with van der Waals surface area (Å²) < 4.78 is 0. The minimum absolute atomic E-state index is 0.0437. The molecular weight excluding hydrogens is 234 g/mol. The number of carbonyl (C=O) groups is 1. The Kier molecular flexibility index (Phi) is 3.99. The van der Waals surface area contributed by atoms with Gasteiger partial charge in [-0.2, -0.15) is 0 Å². The first-order valence-electron chi connectivity index (χ1n) is 6.09. The van der Waals surface area contributed by atoms with Crippen LogP contribution in [-0.4, -0.2) is 29.0 Å². The third-order valence-corrected chi connectivity index (χ3v) is 3.85. The maximum atomic E-state index is 11.9. The molecule has 5 heteroatoms. The molecule has 1 aromatic rings. The number of aryl methyl sites for hydroxylation is 1. The number of aromatic nitrogens is 1. The average molecular weight is 253 g/mol. The second-order valence-electron chi connectivity index (χ2n) is 4.71.